The molecule has 0 aliphatic heterocycles. The molecule has 0 N–H and O–H groups in total. The molecule has 1 atom stereocenters. The van der Waals surface area contributed by atoms with Crippen LogP contribution in [0.1, 0.15) is 59.8 Å². The average Bonchev–Trinajstić information content (AvgIpc) is 2.16. The van der Waals surface area contributed by atoms with Gasteiger partial charge in [-0.3, -0.25) is 4.79 Å². The van der Waals surface area contributed by atoms with Crippen LogP contribution in [0.2, 0.25) is 0 Å². The summed E-state index contributed by atoms with van der Waals surface area (Å²) in [6.07, 6.45) is 4.56. The number of rotatable bonds is 9. The molecule has 2 heteroatoms. The Kier molecular flexibility index (Phi) is 8.68. The zero-order valence-electron chi connectivity index (χ0n) is 10.7. The molecule has 0 heterocycles. The topological polar surface area (TPSA) is 26.3 Å². The Balaban J connectivity index is 3.80. The zero-order chi connectivity index (χ0) is 11.7. The lowest BCUT2D eigenvalue weighted by atomic mass is 10.0. The molecule has 2 nitrogen and oxygen atoms in total. The lowest BCUT2D eigenvalue weighted by Crippen LogP contribution is -2.24. The van der Waals surface area contributed by atoms with E-state index in [1.165, 1.54) is 0 Å². The highest BCUT2D eigenvalue weighted by Crippen LogP contribution is 2.11. The van der Waals surface area contributed by atoms with E-state index in [0.717, 1.165) is 25.7 Å². The fourth-order valence-corrected chi connectivity index (χ4v) is 1.65. The maximum atomic E-state index is 11.8. The summed E-state index contributed by atoms with van der Waals surface area (Å²) in [5.74, 6) is 0.980. The minimum Gasteiger partial charge on any atom is -0.371 e. The van der Waals surface area contributed by atoms with E-state index >= 15 is 0 Å². The number of carbonyl (C=O) groups is 1. The largest absolute Gasteiger partial charge is 0.371 e. The van der Waals surface area contributed by atoms with Crippen LogP contribution in [0.25, 0.3) is 0 Å². The fourth-order valence-electron chi connectivity index (χ4n) is 1.65. The van der Waals surface area contributed by atoms with Crippen molar-refractivity contribution >= 4 is 5.78 Å². The summed E-state index contributed by atoms with van der Waals surface area (Å²) in [5, 5.41) is 0. The SMILES string of the molecule is CCCC(OCC)C(=O)CCCC(C)C. The first-order chi connectivity index (χ1) is 7.11. The molecule has 90 valence electrons. The molecule has 0 aliphatic rings. The number of ether oxygens (including phenoxy) is 1. The molecule has 0 fully saturated rings. The lowest BCUT2D eigenvalue weighted by Gasteiger charge is -2.15. The van der Waals surface area contributed by atoms with Gasteiger partial charge in [-0.05, 0) is 25.7 Å². The van der Waals surface area contributed by atoms with Crippen LogP contribution in [0.15, 0.2) is 0 Å². The first-order valence-electron chi connectivity index (χ1n) is 6.26. The van der Waals surface area contributed by atoms with Gasteiger partial charge < -0.3 is 4.74 Å². The van der Waals surface area contributed by atoms with Gasteiger partial charge >= 0.3 is 0 Å². The average molecular weight is 214 g/mol. The van der Waals surface area contributed by atoms with E-state index in [-0.39, 0.29) is 6.10 Å². The minimum atomic E-state index is -0.146. The molecular formula is C13H26O2. The second-order valence-electron chi connectivity index (χ2n) is 4.49. The van der Waals surface area contributed by atoms with Crippen molar-refractivity contribution < 1.29 is 9.53 Å². The maximum Gasteiger partial charge on any atom is 0.161 e. The zero-order valence-corrected chi connectivity index (χ0v) is 10.7. The number of Topliss-reactive ketones (excluding diaryl/α,β-unsaturated/α-hetero) is 1. The van der Waals surface area contributed by atoms with Crippen molar-refractivity contribution in [2.75, 3.05) is 6.61 Å². The summed E-state index contributed by atoms with van der Waals surface area (Å²) in [6, 6.07) is 0. The summed E-state index contributed by atoms with van der Waals surface area (Å²) in [7, 11) is 0. The molecule has 0 aliphatic carbocycles. The molecule has 0 spiro atoms. The van der Waals surface area contributed by atoms with Crippen LogP contribution in [0.4, 0.5) is 0 Å². The van der Waals surface area contributed by atoms with E-state index in [0.29, 0.717) is 24.7 Å². The lowest BCUT2D eigenvalue weighted by molar-refractivity contribution is -0.130. The van der Waals surface area contributed by atoms with E-state index in [1.807, 2.05) is 6.92 Å². The van der Waals surface area contributed by atoms with Gasteiger partial charge in [0.1, 0.15) is 6.10 Å². The number of hydrogen-bond acceptors (Lipinski definition) is 2. The molecule has 0 saturated carbocycles. The predicted octanol–water partition coefficient (Wildman–Crippen LogP) is 3.59. The van der Waals surface area contributed by atoms with Gasteiger partial charge in [-0.2, -0.15) is 0 Å². The number of ketones is 1. The van der Waals surface area contributed by atoms with E-state index in [2.05, 4.69) is 20.8 Å². The van der Waals surface area contributed by atoms with Gasteiger partial charge in [-0.25, -0.2) is 0 Å². The second-order valence-corrected chi connectivity index (χ2v) is 4.49. The molecule has 0 bridgehead atoms. The Bertz CT molecular complexity index is 158. The summed E-state index contributed by atoms with van der Waals surface area (Å²) < 4.78 is 5.45. The van der Waals surface area contributed by atoms with Crippen LogP contribution in [0, 0.1) is 5.92 Å². The van der Waals surface area contributed by atoms with Crippen LogP contribution in [-0.2, 0) is 9.53 Å². The summed E-state index contributed by atoms with van der Waals surface area (Å²) in [6.45, 7) is 9.06. The molecule has 0 radical (unpaired) electrons. The highest BCUT2D eigenvalue weighted by Gasteiger charge is 2.16. The maximum absolute atomic E-state index is 11.8. The molecule has 0 aromatic rings. The Labute approximate surface area is 94.4 Å². The number of carbonyl (C=O) groups excluding carboxylic acids is 1. The van der Waals surface area contributed by atoms with Gasteiger partial charge in [-0.1, -0.05) is 33.6 Å². The van der Waals surface area contributed by atoms with Gasteiger partial charge in [-0.15, -0.1) is 0 Å². The second kappa shape index (κ2) is 8.90. The van der Waals surface area contributed by atoms with Crippen LogP contribution in [0.5, 0.6) is 0 Å². The van der Waals surface area contributed by atoms with Gasteiger partial charge in [0.25, 0.3) is 0 Å². The van der Waals surface area contributed by atoms with Crippen LogP contribution in [-0.4, -0.2) is 18.5 Å². The van der Waals surface area contributed by atoms with Crippen LogP contribution >= 0.6 is 0 Å². The Morgan fingerprint density at radius 3 is 2.33 bits per heavy atom. The van der Waals surface area contributed by atoms with E-state index < -0.39 is 0 Å². The standard InChI is InChI=1S/C13H26O2/c1-5-8-13(15-6-2)12(14)10-7-9-11(3)4/h11,13H,5-10H2,1-4H3. The molecular weight excluding hydrogens is 188 g/mol. The summed E-state index contributed by atoms with van der Waals surface area (Å²) in [4.78, 5) is 11.8. The minimum absolute atomic E-state index is 0.146. The third-order valence-corrected chi connectivity index (χ3v) is 2.48. The molecule has 0 rings (SSSR count). The van der Waals surface area contributed by atoms with Crippen molar-refractivity contribution in [2.45, 2.75) is 65.9 Å². The first kappa shape index (κ1) is 14.6. The Hall–Kier alpha value is -0.370. The van der Waals surface area contributed by atoms with E-state index in [9.17, 15) is 4.79 Å². The van der Waals surface area contributed by atoms with Crippen molar-refractivity contribution in [2.24, 2.45) is 5.92 Å². The molecule has 0 aromatic carbocycles. The Morgan fingerprint density at radius 1 is 1.20 bits per heavy atom. The smallest absolute Gasteiger partial charge is 0.161 e. The van der Waals surface area contributed by atoms with Crippen molar-refractivity contribution in [1.82, 2.24) is 0 Å². The summed E-state index contributed by atoms with van der Waals surface area (Å²) in [5.41, 5.74) is 0. The van der Waals surface area contributed by atoms with Crippen LogP contribution < -0.4 is 0 Å². The third kappa shape index (κ3) is 7.55. The number of hydrogen-bond donors (Lipinski definition) is 0. The molecule has 0 aromatic heterocycles. The monoisotopic (exact) mass is 214 g/mol. The van der Waals surface area contributed by atoms with E-state index in [4.69, 9.17) is 4.74 Å². The van der Waals surface area contributed by atoms with Gasteiger partial charge in [0, 0.05) is 13.0 Å². The highest BCUT2D eigenvalue weighted by molar-refractivity contribution is 5.82. The predicted molar refractivity (Wildman–Crippen MR) is 64.0 cm³/mol. The Morgan fingerprint density at radius 2 is 1.87 bits per heavy atom. The molecule has 0 amide bonds. The highest BCUT2D eigenvalue weighted by atomic mass is 16.5. The summed E-state index contributed by atoms with van der Waals surface area (Å²) >= 11 is 0. The fraction of sp³-hybridized carbons (Fsp3) is 0.923. The van der Waals surface area contributed by atoms with Crippen molar-refractivity contribution in [3.8, 4) is 0 Å². The quantitative estimate of drug-likeness (QED) is 0.586. The van der Waals surface area contributed by atoms with E-state index in [1.54, 1.807) is 0 Å². The normalized spacial score (nSPS) is 13.1. The molecule has 15 heavy (non-hydrogen) atoms. The van der Waals surface area contributed by atoms with Crippen LogP contribution in [0.3, 0.4) is 0 Å². The van der Waals surface area contributed by atoms with Crippen molar-refractivity contribution in [3.63, 3.8) is 0 Å². The van der Waals surface area contributed by atoms with Crippen molar-refractivity contribution in [3.05, 3.63) is 0 Å². The molecule has 1 unspecified atom stereocenters. The van der Waals surface area contributed by atoms with Gasteiger partial charge in [0.2, 0.25) is 0 Å². The molecule has 0 saturated heterocycles. The third-order valence-electron chi connectivity index (χ3n) is 2.48. The van der Waals surface area contributed by atoms with Gasteiger partial charge in [0.05, 0.1) is 0 Å². The van der Waals surface area contributed by atoms with Crippen molar-refractivity contribution in [1.29, 1.82) is 0 Å². The van der Waals surface area contributed by atoms with Gasteiger partial charge in [0.15, 0.2) is 5.78 Å². The first-order valence-corrected chi connectivity index (χ1v) is 6.26.